The maximum absolute atomic E-state index is 5.37. The summed E-state index contributed by atoms with van der Waals surface area (Å²) in [4.78, 5) is 10.6. The second kappa shape index (κ2) is 9.43. The Labute approximate surface area is 262 Å². The normalized spacial score (nSPS) is 12.0. The number of fused-ring (bicyclic) bond motifs is 12. The van der Waals surface area contributed by atoms with Gasteiger partial charge in [0.2, 0.25) is 0 Å². The average molecular weight is 589 g/mol. The molecule has 2 heterocycles. The smallest absolute Gasteiger partial charge is 0.0973 e. The molecule has 0 spiro atoms. The molecule has 0 radical (unpaired) electrons. The molecule has 0 fully saturated rings. The van der Waals surface area contributed by atoms with Crippen LogP contribution in [0, 0.1) is 0 Å². The molecule has 10 rings (SSSR count). The van der Waals surface area contributed by atoms with Crippen LogP contribution in [-0.2, 0) is 0 Å². The Morgan fingerprint density at radius 2 is 1.07 bits per heavy atom. The second-order valence-electron chi connectivity index (χ2n) is 11.7. The topological polar surface area (TPSA) is 25.8 Å². The van der Waals surface area contributed by atoms with Gasteiger partial charge in [-0.05, 0) is 50.5 Å². The first-order chi connectivity index (χ1) is 22.3. The molecular formula is C42H24N2S. The van der Waals surface area contributed by atoms with Crippen LogP contribution in [0.5, 0.6) is 0 Å². The summed E-state index contributed by atoms with van der Waals surface area (Å²) in [6, 6.07) is 52.3. The van der Waals surface area contributed by atoms with E-state index in [0.717, 1.165) is 38.9 Å². The second-order valence-corrected chi connectivity index (χ2v) is 12.8. The lowest BCUT2D eigenvalue weighted by Crippen LogP contribution is -1.96. The Morgan fingerprint density at radius 3 is 1.96 bits per heavy atom. The largest absolute Gasteiger partial charge is 0.244 e. The van der Waals surface area contributed by atoms with E-state index in [1.807, 2.05) is 17.4 Å². The third-order valence-electron chi connectivity index (χ3n) is 9.20. The van der Waals surface area contributed by atoms with E-state index in [-0.39, 0.29) is 0 Å². The van der Waals surface area contributed by atoms with E-state index in [1.54, 1.807) is 0 Å². The molecule has 0 unspecified atom stereocenters. The zero-order valence-corrected chi connectivity index (χ0v) is 25.0. The highest BCUT2D eigenvalue weighted by Crippen LogP contribution is 2.43. The van der Waals surface area contributed by atoms with Crippen molar-refractivity contribution in [3.05, 3.63) is 146 Å². The van der Waals surface area contributed by atoms with Crippen molar-refractivity contribution in [1.29, 1.82) is 0 Å². The highest BCUT2D eigenvalue weighted by molar-refractivity contribution is 7.26. The quantitative estimate of drug-likeness (QED) is 0.188. The van der Waals surface area contributed by atoms with Gasteiger partial charge in [-0.25, -0.2) is 9.97 Å². The van der Waals surface area contributed by atoms with Crippen LogP contribution in [0.1, 0.15) is 0 Å². The van der Waals surface area contributed by atoms with Crippen LogP contribution in [-0.4, -0.2) is 9.97 Å². The molecular weight excluding hydrogens is 565 g/mol. The van der Waals surface area contributed by atoms with Crippen molar-refractivity contribution in [2.24, 2.45) is 0 Å². The summed E-state index contributed by atoms with van der Waals surface area (Å²) in [7, 11) is 0. The van der Waals surface area contributed by atoms with Crippen molar-refractivity contribution in [2.45, 2.75) is 0 Å². The highest BCUT2D eigenvalue weighted by Gasteiger charge is 2.17. The van der Waals surface area contributed by atoms with E-state index in [4.69, 9.17) is 9.97 Å². The molecule has 0 aliphatic carbocycles. The zero-order chi connectivity index (χ0) is 29.5. The van der Waals surface area contributed by atoms with Gasteiger partial charge in [0.1, 0.15) is 0 Å². The number of hydrogen-bond donors (Lipinski definition) is 0. The van der Waals surface area contributed by atoms with Crippen LogP contribution < -0.4 is 0 Å². The van der Waals surface area contributed by atoms with Gasteiger partial charge in [-0.2, -0.15) is 0 Å². The minimum absolute atomic E-state index is 0.899. The number of aromatic nitrogens is 2. The predicted octanol–water partition coefficient (Wildman–Crippen LogP) is 11.9. The van der Waals surface area contributed by atoms with E-state index in [0.29, 0.717) is 0 Å². The van der Waals surface area contributed by atoms with Crippen LogP contribution in [0.15, 0.2) is 146 Å². The van der Waals surface area contributed by atoms with Crippen molar-refractivity contribution < 1.29 is 0 Å². The van der Waals surface area contributed by atoms with E-state index in [2.05, 4.69) is 140 Å². The molecule has 2 aromatic heterocycles. The van der Waals surface area contributed by atoms with Gasteiger partial charge in [-0.15, -0.1) is 11.3 Å². The van der Waals surface area contributed by atoms with Gasteiger partial charge < -0.3 is 0 Å². The molecule has 0 bridgehead atoms. The molecule has 45 heavy (non-hydrogen) atoms. The van der Waals surface area contributed by atoms with Crippen LogP contribution in [0.3, 0.4) is 0 Å². The fourth-order valence-electron chi connectivity index (χ4n) is 7.08. The minimum Gasteiger partial charge on any atom is -0.244 e. The van der Waals surface area contributed by atoms with Gasteiger partial charge in [0.05, 0.1) is 22.4 Å². The van der Waals surface area contributed by atoms with E-state index in [1.165, 1.54) is 57.9 Å². The first-order valence-electron chi connectivity index (χ1n) is 15.2. The average Bonchev–Trinajstić information content (AvgIpc) is 3.50. The molecule has 0 aliphatic rings. The monoisotopic (exact) mass is 588 g/mol. The van der Waals surface area contributed by atoms with E-state index in [9.17, 15) is 0 Å². The Kier molecular flexibility index (Phi) is 5.19. The number of nitrogens with zero attached hydrogens (tertiary/aromatic N) is 2. The van der Waals surface area contributed by atoms with Crippen molar-refractivity contribution in [2.75, 3.05) is 0 Å². The SMILES string of the molecule is c1ccc(-c2nc3ccc4ccccc4c3nc2-c2ccc3c(ccc4ccc5ccc6c7ccccc7sc6c5c43)c2)cc1. The predicted molar refractivity (Wildman–Crippen MR) is 193 cm³/mol. The number of thiophene rings is 1. The molecule has 3 heteroatoms. The molecule has 0 aliphatic heterocycles. The van der Waals surface area contributed by atoms with Gasteiger partial charge in [0.25, 0.3) is 0 Å². The first-order valence-corrected chi connectivity index (χ1v) is 16.1. The summed E-state index contributed by atoms with van der Waals surface area (Å²) in [6.45, 7) is 0. The lowest BCUT2D eigenvalue weighted by Gasteiger charge is -2.14. The maximum atomic E-state index is 5.37. The molecule has 2 nitrogen and oxygen atoms in total. The van der Waals surface area contributed by atoms with Crippen LogP contribution in [0.25, 0.3) is 96.8 Å². The van der Waals surface area contributed by atoms with Crippen molar-refractivity contribution in [3.8, 4) is 22.5 Å². The standard InChI is InChI=1S/C42H24N2S/c1-2-9-28(10-3-1)39-40(44-41-32-11-5-4-8-25(32)20-23-35(41)43-39)30-19-21-31-29(24-30)17-16-26-14-15-27-18-22-34-33-12-6-7-13-36(33)45-42(34)38(27)37(26)31/h1-24H. The van der Waals surface area contributed by atoms with Gasteiger partial charge >= 0.3 is 0 Å². The Bertz CT molecular complexity index is 2810. The van der Waals surface area contributed by atoms with Crippen molar-refractivity contribution >= 4 is 85.6 Å². The summed E-state index contributed by atoms with van der Waals surface area (Å²) in [5.74, 6) is 0. The molecule has 0 atom stereocenters. The minimum atomic E-state index is 0.899. The van der Waals surface area contributed by atoms with E-state index < -0.39 is 0 Å². The molecule has 0 saturated heterocycles. The van der Waals surface area contributed by atoms with Gasteiger partial charge in [0.15, 0.2) is 0 Å². The fourth-order valence-corrected chi connectivity index (χ4v) is 8.34. The first kappa shape index (κ1) is 24.8. The van der Waals surface area contributed by atoms with Crippen LogP contribution in [0.4, 0.5) is 0 Å². The van der Waals surface area contributed by atoms with Gasteiger partial charge in [-0.1, -0.05) is 127 Å². The molecule has 208 valence electrons. The highest BCUT2D eigenvalue weighted by atomic mass is 32.1. The lowest BCUT2D eigenvalue weighted by atomic mass is 9.93. The van der Waals surface area contributed by atoms with Gasteiger partial charge in [0, 0.05) is 42.1 Å². The van der Waals surface area contributed by atoms with Crippen molar-refractivity contribution in [3.63, 3.8) is 0 Å². The molecule has 8 aromatic carbocycles. The Morgan fingerprint density at radius 1 is 0.400 bits per heavy atom. The third kappa shape index (κ3) is 3.68. The summed E-state index contributed by atoms with van der Waals surface area (Å²) in [6.07, 6.45) is 0. The fraction of sp³-hybridized carbons (Fsp3) is 0. The molecule has 0 amide bonds. The molecule has 10 aromatic rings. The Hall–Kier alpha value is -5.64. The summed E-state index contributed by atoms with van der Waals surface area (Å²) < 4.78 is 2.69. The number of benzene rings is 8. The number of hydrogen-bond acceptors (Lipinski definition) is 3. The Balaban J connectivity index is 1.28. The van der Waals surface area contributed by atoms with Crippen LogP contribution >= 0.6 is 11.3 Å². The summed E-state index contributed by atoms with van der Waals surface area (Å²) >= 11 is 1.90. The lowest BCUT2D eigenvalue weighted by molar-refractivity contribution is 1.30. The number of rotatable bonds is 2. The van der Waals surface area contributed by atoms with Gasteiger partial charge in [-0.3, -0.25) is 0 Å². The third-order valence-corrected chi connectivity index (χ3v) is 10.4. The molecule has 0 N–H and O–H groups in total. The maximum Gasteiger partial charge on any atom is 0.0973 e. The summed E-state index contributed by atoms with van der Waals surface area (Å²) in [5, 5.41) is 12.6. The van der Waals surface area contributed by atoms with Crippen molar-refractivity contribution in [1.82, 2.24) is 9.97 Å². The van der Waals surface area contributed by atoms with Crippen LogP contribution in [0.2, 0.25) is 0 Å². The summed E-state index contributed by atoms with van der Waals surface area (Å²) in [5.41, 5.74) is 5.76. The molecule has 0 saturated carbocycles. The van der Waals surface area contributed by atoms with E-state index >= 15 is 0 Å². The zero-order valence-electron chi connectivity index (χ0n) is 24.2.